The van der Waals surface area contributed by atoms with E-state index in [1.54, 1.807) is 6.20 Å². The van der Waals surface area contributed by atoms with Crippen LogP contribution < -0.4 is 0 Å². The highest BCUT2D eigenvalue weighted by Crippen LogP contribution is 2.32. The quantitative estimate of drug-likeness (QED) is 0.814. The van der Waals surface area contributed by atoms with Gasteiger partial charge in [0.25, 0.3) is 5.91 Å². The van der Waals surface area contributed by atoms with E-state index in [1.165, 1.54) is 29.4 Å². The van der Waals surface area contributed by atoms with Gasteiger partial charge in [-0.3, -0.25) is 4.79 Å². The van der Waals surface area contributed by atoms with Crippen molar-refractivity contribution in [3.05, 3.63) is 59.2 Å². The lowest BCUT2D eigenvalue weighted by molar-refractivity contribution is -0.138. The minimum atomic E-state index is -4.55. The molecule has 2 heterocycles. The largest absolute Gasteiger partial charge is 0.417 e. The van der Waals surface area contributed by atoms with E-state index < -0.39 is 17.6 Å². The van der Waals surface area contributed by atoms with Gasteiger partial charge in [-0.05, 0) is 12.1 Å². The Labute approximate surface area is 124 Å². The summed E-state index contributed by atoms with van der Waals surface area (Å²) in [7, 11) is 0. The van der Waals surface area contributed by atoms with Crippen LogP contribution in [0.25, 0.3) is 0 Å². The Kier molecular flexibility index (Phi) is 3.56. The van der Waals surface area contributed by atoms with Gasteiger partial charge in [0.1, 0.15) is 6.33 Å². The Hall–Kier alpha value is -2.44. The van der Waals surface area contributed by atoms with Crippen LogP contribution in [0.1, 0.15) is 27.2 Å². The first-order valence-corrected chi connectivity index (χ1v) is 6.70. The Bertz CT molecular complexity index is 715. The summed E-state index contributed by atoms with van der Waals surface area (Å²) in [6.45, 7) is 0.566. The minimum Gasteiger partial charge on any atom is -0.334 e. The summed E-state index contributed by atoms with van der Waals surface area (Å²) in [5.41, 5.74) is 0.375. The van der Waals surface area contributed by atoms with Crippen molar-refractivity contribution in [3.63, 3.8) is 0 Å². The van der Waals surface area contributed by atoms with Crippen LogP contribution in [0, 0.1) is 0 Å². The van der Waals surface area contributed by atoms with Gasteiger partial charge < -0.3 is 4.90 Å². The molecule has 0 spiro atoms. The zero-order valence-electron chi connectivity index (χ0n) is 11.5. The maximum Gasteiger partial charge on any atom is 0.417 e. The van der Waals surface area contributed by atoms with Gasteiger partial charge in [0, 0.05) is 31.3 Å². The molecule has 7 heteroatoms. The van der Waals surface area contributed by atoms with Crippen LogP contribution in [-0.4, -0.2) is 27.3 Å². The molecule has 0 saturated heterocycles. The lowest BCUT2D eigenvalue weighted by Crippen LogP contribution is -2.37. The molecule has 114 valence electrons. The number of alkyl halides is 3. The maximum atomic E-state index is 13.0. The van der Waals surface area contributed by atoms with Gasteiger partial charge in [-0.2, -0.15) is 13.2 Å². The first kappa shape index (κ1) is 14.5. The Balaban J connectivity index is 1.90. The van der Waals surface area contributed by atoms with Crippen molar-refractivity contribution in [2.45, 2.75) is 19.1 Å². The number of carbonyl (C=O) groups is 1. The standard InChI is InChI=1S/C15H12F3N3O/c16-15(17,18)12-4-2-1-3-11(12)14(22)21-6-5-13-10(8-21)7-19-9-20-13/h1-4,7,9H,5-6,8H2. The predicted octanol–water partition coefficient (Wildman–Crippen LogP) is 2.69. The highest BCUT2D eigenvalue weighted by molar-refractivity contribution is 5.96. The summed E-state index contributed by atoms with van der Waals surface area (Å²) in [4.78, 5) is 21.9. The van der Waals surface area contributed by atoms with Gasteiger partial charge in [0.15, 0.2) is 0 Å². The highest BCUT2D eigenvalue weighted by Gasteiger charge is 2.36. The number of amides is 1. The van der Waals surface area contributed by atoms with Crippen LogP contribution in [-0.2, 0) is 19.1 Å². The molecule has 0 fully saturated rings. The lowest BCUT2D eigenvalue weighted by Gasteiger charge is -2.28. The first-order valence-electron chi connectivity index (χ1n) is 6.70. The Morgan fingerprint density at radius 2 is 2.00 bits per heavy atom. The van der Waals surface area contributed by atoms with E-state index in [9.17, 15) is 18.0 Å². The number of hydrogen-bond acceptors (Lipinski definition) is 3. The zero-order valence-corrected chi connectivity index (χ0v) is 11.5. The molecule has 1 aromatic carbocycles. The van der Waals surface area contributed by atoms with E-state index >= 15 is 0 Å². The topological polar surface area (TPSA) is 46.1 Å². The predicted molar refractivity (Wildman–Crippen MR) is 71.9 cm³/mol. The molecule has 1 amide bonds. The van der Waals surface area contributed by atoms with Gasteiger partial charge in [0.05, 0.1) is 16.8 Å². The average molecular weight is 307 g/mol. The van der Waals surface area contributed by atoms with Crippen molar-refractivity contribution in [2.24, 2.45) is 0 Å². The normalized spacial score (nSPS) is 14.6. The number of benzene rings is 1. The summed E-state index contributed by atoms with van der Waals surface area (Å²) in [6, 6.07) is 4.85. The second kappa shape index (κ2) is 5.40. The number of halogens is 3. The molecule has 2 aromatic rings. The number of nitrogens with zero attached hydrogens (tertiary/aromatic N) is 3. The maximum absolute atomic E-state index is 13.0. The van der Waals surface area contributed by atoms with E-state index in [2.05, 4.69) is 9.97 Å². The molecule has 0 radical (unpaired) electrons. The molecule has 0 aliphatic carbocycles. The van der Waals surface area contributed by atoms with E-state index in [0.29, 0.717) is 13.0 Å². The SMILES string of the molecule is O=C(c1ccccc1C(F)(F)F)N1CCc2ncncc2C1. The smallest absolute Gasteiger partial charge is 0.334 e. The second-order valence-corrected chi connectivity index (χ2v) is 5.01. The van der Waals surface area contributed by atoms with Crippen molar-refractivity contribution in [1.82, 2.24) is 14.9 Å². The monoisotopic (exact) mass is 307 g/mol. The fourth-order valence-electron chi connectivity index (χ4n) is 2.53. The van der Waals surface area contributed by atoms with Crippen LogP contribution in [0.4, 0.5) is 13.2 Å². The van der Waals surface area contributed by atoms with E-state index in [0.717, 1.165) is 17.3 Å². The molecule has 22 heavy (non-hydrogen) atoms. The average Bonchev–Trinajstić information content (AvgIpc) is 2.53. The molecule has 1 aliphatic rings. The molecular formula is C15H12F3N3O. The summed E-state index contributed by atoms with van der Waals surface area (Å²) >= 11 is 0. The number of aromatic nitrogens is 2. The van der Waals surface area contributed by atoms with Crippen LogP contribution >= 0.6 is 0 Å². The molecule has 1 aromatic heterocycles. The van der Waals surface area contributed by atoms with Gasteiger partial charge in [0.2, 0.25) is 0 Å². The van der Waals surface area contributed by atoms with Crippen LogP contribution in [0.3, 0.4) is 0 Å². The Morgan fingerprint density at radius 1 is 1.23 bits per heavy atom. The molecule has 0 bridgehead atoms. The summed E-state index contributed by atoms with van der Waals surface area (Å²) < 4.78 is 39.1. The molecule has 0 atom stereocenters. The van der Waals surface area contributed by atoms with Gasteiger partial charge in [-0.25, -0.2) is 9.97 Å². The minimum absolute atomic E-state index is 0.223. The van der Waals surface area contributed by atoms with Crippen LogP contribution in [0.15, 0.2) is 36.8 Å². The molecule has 1 aliphatic heterocycles. The lowest BCUT2D eigenvalue weighted by atomic mass is 10.0. The fraction of sp³-hybridized carbons (Fsp3) is 0.267. The van der Waals surface area contributed by atoms with E-state index in [-0.39, 0.29) is 12.1 Å². The number of fused-ring (bicyclic) bond motifs is 1. The molecule has 3 rings (SSSR count). The van der Waals surface area contributed by atoms with Gasteiger partial charge in [-0.15, -0.1) is 0 Å². The molecule has 0 unspecified atom stereocenters. The Morgan fingerprint density at radius 3 is 2.77 bits per heavy atom. The third-order valence-corrected chi connectivity index (χ3v) is 3.61. The first-order chi connectivity index (χ1) is 10.5. The zero-order chi connectivity index (χ0) is 15.7. The summed E-state index contributed by atoms with van der Waals surface area (Å²) in [5.74, 6) is -0.623. The summed E-state index contributed by atoms with van der Waals surface area (Å²) in [6.07, 6.45) is -1.02. The molecule has 0 saturated carbocycles. The third-order valence-electron chi connectivity index (χ3n) is 3.61. The van der Waals surface area contributed by atoms with Crippen molar-refractivity contribution < 1.29 is 18.0 Å². The van der Waals surface area contributed by atoms with Crippen molar-refractivity contribution >= 4 is 5.91 Å². The molecular weight excluding hydrogens is 295 g/mol. The van der Waals surface area contributed by atoms with Crippen LogP contribution in [0.2, 0.25) is 0 Å². The molecule has 0 N–H and O–H groups in total. The fourth-order valence-corrected chi connectivity index (χ4v) is 2.53. The van der Waals surface area contributed by atoms with E-state index in [1.807, 2.05) is 0 Å². The summed E-state index contributed by atoms with van der Waals surface area (Å²) in [5, 5.41) is 0. The molecule has 4 nitrogen and oxygen atoms in total. The van der Waals surface area contributed by atoms with Gasteiger partial charge >= 0.3 is 6.18 Å². The van der Waals surface area contributed by atoms with Crippen LogP contribution in [0.5, 0.6) is 0 Å². The number of hydrogen-bond donors (Lipinski definition) is 0. The third kappa shape index (κ3) is 2.66. The number of rotatable bonds is 1. The highest BCUT2D eigenvalue weighted by atomic mass is 19.4. The van der Waals surface area contributed by atoms with Gasteiger partial charge in [-0.1, -0.05) is 12.1 Å². The second-order valence-electron chi connectivity index (χ2n) is 5.01. The van der Waals surface area contributed by atoms with Crippen molar-refractivity contribution in [3.8, 4) is 0 Å². The van der Waals surface area contributed by atoms with Crippen molar-refractivity contribution in [1.29, 1.82) is 0 Å². The van der Waals surface area contributed by atoms with Crippen molar-refractivity contribution in [2.75, 3.05) is 6.54 Å². The number of carbonyl (C=O) groups excluding carboxylic acids is 1. The van der Waals surface area contributed by atoms with E-state index in [4.69, 9.17) is 0 Å².